The first-order valence-corrected chi connectivity index (χ1v) is 14.0. The number of ether oxygens (including phenoxy) is 1. The summed E-state index contributed by atoms with van der Waals surface area (Å²) < 4.78 is 6.25. The van der Waals surface area contributed by atoms with Crippen LogP contribution in [-0.4, -0.2) is 57.9 Å². The second-order valence-electron chi connectivity index (χ2n) is 9.75. The zero-order valence-corrected chi connectivity index (χ0v) is 22.5. The zero-order valence-electron chi connectivity index (χ0n) is 21.7. The number of morpholine rings is 1. The van der Waals surface area contributed by atoms with Gasteiger partial charge in [-0.1, -0.05) is 12.1 Å². The maximum Gasteiger partial charge on any atom is 0.258 e. The van der Waals surface area contributed by atoms with E-state index in [1.807, 2.05) is 48.7 Å². The Hall–Kier alpha value is -3.93. The molecule has 3 aromatic heterocycles. The van der Waals surface area contributed by atoms with Crippen LogP contribution in [0.3, 0.4) is 0 Å². The largest absolute Gasteiger partial charge is 0.379 e. The normalized spacial score (nSPS) is 15.7. The molecule has 0 radical (unpaired) electrons. The highest BCUT2D eigenvalue weighted by molar-refractivity contribution is 7.18. The molecule has 0 atom stereocenters. The average Bonchev–Trinajstić information content (AvgIpc) is 3.71. The number of thiophene rings is 1. The molecule has 1 saturated heterocycles. The van der Waals surface area contributed by atoms with Crippen LogP contribution in [0, 0.1) is 18.3 Å². The number of benzene rings is 1. The molecule has 4 heterocycles. The lowest BCUT2D eigenvalue weighted by atomic mass is 10.0. The van der Waals surface area contributed by atoms with Crippen molar-refractivity contribution < 1.29 is 9.53 Å². The lowest BCUT2D eigenvalue weighted by molar-refractivity contribution is 0.0495. The van der Waals surface area contributed by atoms with Crippen LogP contribution in [0.5, 0.6) is 0 Å². The van der Waals surface area contributed by atoms with Crippen molar-refractivity contribution in [1.29, 1.82) is 5.41 Å². The molecule has 0 unspecified atom stereocenters. The van der Waals surface area contributed by atoms with E-state index in [-0.39, 0.29) is 11.8 Å². The van der Waals surface area contributed by atoms with E-state index in [9.17, 15) is 4.79 Å². The van der Waals surface area contributed by atoms with Gasteiger partial charge in [0, 0.05) is 47.0 Å². The highest BCUT2D eigenvalue weighted by Gasteiger charge is 2.31. The molecular formula is C28H30N8O2S. The van der Waals surface area contributed by atoms with E-state index in [1.165, 1.54) is 17.7 Å². The maximum atomic E-state index is 13.6. The maximum absolute atomic E-state index is 13.6. The molecule has 1 aliphatic carbocycles. The van der Waals surface area contributed by atoms with Gasteiger partial charge in [-0.3, -0.25) is 9.78 Å². The standard InChI is InChI=1S/C28H30N8O2S/c1-17-4-2-5-19(33-17)14-30-21-6-3-7-22(23(21)24(29)18-8-9-18)34-28(37)20-15-39-26-25(20)31-16-32-27(26)35-36-10-12-38-13-11-36/h2-7,15-16,18,29-30H,8-14H2,1H3,(H,34,37)(H,31,32,35). The summed E-state index contributed by atoms with van der Waals surface area (Å²) in [4.78, 5) is 27.0. The van der Waals surface area contributed by atoms with E-state index >= 15 is 0 Å². The Labute approximate surface area is 230 Å². The Bertz CT molecular complexity index is 1530. The number of hydrogen-bond acceptors (Lipinski definition) is 10. The van der Waals surface area contributed by atoms with Gasteiger partial charge in [0.25, 0.3) is 5.91 Å². The van der Waals surface area contributed by atoms with Gasteiger partial charge in [0.1, 0.15) is 6.33 Å². The summed E-state index contributed by atoms with van der Waals surface area (Å²) in [5.74, 6) is 0.627. The molecule has 1 aromatic carbocycles. The fourth-order valence-electron chi connectivity index (χ4n) is 4.66. The summed E-state index contributed by atoms with van der Waals surface area (Å²) in [6.07, 6.45) is 3.46. The third-order valence-electron chi connectivity index (χ3n) is 6.85. The van der Waals surface area contributed by atoms with Crippen LogP contribution in [0.2, 0.25) is 0 Å². The summed E-state index contributed by atoms with van der Waals surface area (Å²) in [5, 5.41) is 19.3. The average molecular weight is 543 g/mol. The third-order valence-corrected chi connectivity index (χ3v) is 7.82. The minimum Gasteiger partial charge on any atom is -0.379 e. The van der Waals surface area contributed by atoms with Crippen molar-refractivity contribution in [3.8, 4) is 0 Å². The molecule has 2 fully saturated rings. The van der Waals surface area contributed by atoms with E-state index < -0.39 is 0 Å². The van der Waals surface area contributed by atoms with E-state index in [4.69, 9.17) is 10.1 Å². The highest BCUT2D eigenvalue weighted by atomic mass is 32.1. The Kier molecular flexibility index (Phi) is 7.18. The smallest absolute Gasteiger partial charge is 0.258 e. The molecule has 0 spiro atoms. The number of anilines is 3. The monoisotopic (exact) mass is 542 g/mol. The molecule has 39 heavy (non-hydrogen) atoms. The number of hydrogen-bond donors (Lipinski definition) is 4. The number of carbonyl (C=O) groups is 1. The van der Waals surface area contributed by atoms with Crippen LogP contribution in [0.15, 0.2) is 48.1 Å². The SMILES string of the molecule is Cc1cccc(CNc2cccc(NC(=O)c3csc4c(NN5CCOCC5)ncnc34)c2C(=N)C2CC2)n1. The third kappa shape index (κ3) is 5.60. The van der Waals surface area contributed by atoms with Crippen LogP contribution >= 0.6 is 11.3 Å². The van der Waals surface area contributed by atoms with E-state index in [1.54, 1.807) is 0 Å². The van der Waals surface area contributed by atoms with Gasteiger partial charge >= 0.3 is 0 Å². The van der Waals surface area contributed by atoms with Crippen molar-refractivity contribution >= 4 is 50.4 Å². The minimum atomic E-state index is -0.264. The Morgan fingerprint density at radius 1 is 1.13 bits per heavy atom. The fourth-order valence-corrected chi connectivity index (χ4v) is 5.60. The molecular weight excluding hydrogens is 512 g/mol. The van der Waals surface area contributed by atoms with Gasteiger partial charge in [-0.25, -0.2) is 15.0 Å². The molecule has 2 aliphatic rings. The van der Waals surface area contributed by atoms with Crippen molar-refractivity contribution in [2.75, 3.05) is 42.4 Å². The number of aromatic nitrogens is 3. The van der Waals surface area contributed by atoms with Crippen molar-refractivity contribution in [2.45, 2.75) is 26.3 Å². The summed E-state index contributed by atoms with van der Waals surface area (Å²) in [6, 6.07) is 11.6. The number of nitrogens with one attached hydrogen (secondary N) is 4. The first-order chi connectivity index (χ1) is 19.1. The Balaban J connectivity index is 1.26. The number of pyridine rings is 1. The molecule has 4 N–H and O–H groups in total. The van der Waals surface area contributed by atoms with Crippen molar-refractivity contribution in [1.82, 2.24) is 20.0 Å². The van der Waals surface area contributed by atoms with Gasteiger partial charge in [0.15, 0.2) is 5.82 Å². The molecule has 1 aliphatic heterocycles. The van der Waals surface area contributed by atoms with Gasteiger partial charge < -0.3 is 26.2 Å². The molecule has 0 bridgehead atoms. The lowest BCUT2D eigenvalue weighted by Crippen LogP contribution is -2.40. The summed E-state index contributed by atoms with van der Waals surface area (Å²) in [5.41, 5.74) is 8.98. The van der Waals surface area contributed by atoms with Crippen LogP contribution in [0.25, 0.3) is 10.2 Å². The van der Waals surface area contributed by atoms with E-state index in [0.29, 0.717) is 48.1 Å². The number of nitrogens with zero attached hydrogens (tertiary/aromatic N) is 4. The summed E-state index contributed by atoms with van der Waals surface area (Å²) in [7, 11) is 0. The van der Waals surface area contributed by atoms with Gasteiger partial charge in [0.2, 0.25) is 0 Å². The second kappa shape index (κ2) is 11.0. The van der Waals surface area contributed by atoms with Crippen LogP contribution < -0.4 is 16.1 Å². The highest BCUT2D eigenvalue weighted by Crippen LogP contribution is 2.38. The van der Waals surface area contributed by atoms with Gasteiger partial charge in [-0.2, -0.15) is 0 Å². The Morgan fingerprint density at radius 2 is 1.92 bits per heavy atom. The van der Waals surface area contributed by atoms with Crippen LogP contribution in [-0.2, 0) is 11.3 Å². The fraction of sp³-hybridized carbons (Fsp3) is 0.321. The van der Waals surface area contributed by atoms with Crippen molar-refractivity contribution in [2.24, 2.45) is 5.92 Å². The molecule has 1 amide bonds. The molecule has 11 heteroatoms. The van der Waals surface area contributed by atoms with Gasteiger partial charge in [-0.05, 0) is 44.0 Å². The molecule has 200 valence electrons. The van der Waals surface area contributed by atoms with Crippen molar-refractivity contribution in [3.63, 3.8) is 0 Å². The summed E-state index contributed by atoms with van der Waals surface area (Å²) >= 11 is 1.44. The second-order valence-corrected chi connectivity index (χ2v) is 10.6. The number of amides is 1. The van der Waals surface area contributed by atoms with Crippen molar-refractivity contribution in [3.05, 3.63) is 70.6 Å². The quantitative estimate of drug-likeness (QED) is 0.224. The summed E-state index contributed by atoms with van der Waals surface area (Å²) in [6.45, 7) is 5.32. The number of rotatable bonds is 9. The van der Waals surface area contributed by atoms with Crippen LogP contribution in [0.1, 0.15) is 40.2 Å². The zero-order chi connectivity index (χ0) is 26.8. The van der Waals surface area contributed by atoms with Gasteiger partial charge in [-0.15, -0.1) is 11.3 Å². The van der Waals surface area contributed by atoms with Crippen LogP contribution in [0.4, 0.5) is 17.2 Å². The number of carbonyl (C=O) groups excluding carboxylic acids is 1. The Morgan fingerprint density at radius 3 is 2.72 bits per heavy atom. The topological polar surface area (TPSA) is 128 Å². The number of aryl methyl sites for hydroxylation is 1. The molecule has 1 saturated carbocycles. The molecule has 6 rings (SSSR count). The van der Waals surface area contributed by atoms with E-state index in [0.717, 1.165) is 53.3 Å². The number of hydrazine groups is 1. The predicted molar refractivity (Wildman–Crippen MR) is 154 cm³/mol. The molecule has 10 nitrogen and oxygen atoms in total. The predicted octanol–water partition coefficient (Wildman–Crippen LogP) is 4.70. The first-order valence-electron chi connectivity index (χ1n) is 13.1. The van der Waals surface area contributed by atoms with E-state index in [2.05, 4.69) is 36.0 Å². The number of fused-ring (bicyclic) bond motifs is 1. The first kappa shape index (κ1) is 25.4. The molecule has 4 aromatic rings. The lowest BCUT2D eigenvalue weighted by Gasteiger charge is -2.27. The van der Waals surface area contributed by atoms with Gasteiger partial charge in [0.05, 0.1) is 46.9 Å². The minimum absolute atomic E-state index is 0.212.